The topological polar surface area (TPSA) is 41.6 Å². The molecule has 1 aliphatic rings. The summed E-state index contributed by atoms with van der Waals surface area (Å²) in [5.41, 5.74) is 2.11. The summed E-state index contributed by atoms with van der Waals surface area (Å²) >= 11 is 6.29. The van der Waals surface area contributed by atoms with E-state index in [0.717, 1.165) is 54.4 Å². The summed E-state index contributed by atoms with van der Waals surface area (Å²) in [7, 11) is 1.65. The average Bonchev–Trinajstić information content (AvgIpc) is 2.70. The molecule has 27 heavy (non-hydrogen) atoms. The molecule has 0 spiro atoms. The number of amides is 1. The van der Waals surface area contributed by atoms with Gasteiger partial charge in [-0.25, -0.2) is 0 Å². The third-order valence-corrected chi connectivity index (χ3v) is 5.56. The maximum Gasteiger partial charge on any atom is 0.224 e. The SMILES string of the molecule is COc1ccccc1C(C)NC(=O)C1CCCN(Cc2ccccc2Cl)C1. The zero-order valence-corrected chi connectivity index (χ0v) is 16.7. The molecular formula is C22H27ClN2O2. The average molecular weight is 387 g/mol. The molecule has 2 aromatic carbocycles. The number of likely N-dealkylation sites (tertiary alicyclic amines) is 1. The standard InChI is InChI=1S/C22H27ClN2O2/c1-16(19-10-4-6-12-21(19)27-2)24-22(26)18-9-7-13-25(15-18)14-17-8-3-5-11-20(17)23/h3-6,8,10-12,16,18H,7,9,13-15H2,1-2H3,(H,24,26). The second kappa shape index (κ2) is 9.25. The predicted molar refractivity (Wildman–Crippen MR) is 109 cm³/mol. The van der Waals surface area contributed by atoms with Gasteiger partial charge < -0.3 is 10.1 Å². The molecule has 2 unspecified atom stereocenters. The van der Waals surface area contributed by atoms with E-state index < -0.39 is 0 Å². The predicted octanol–water partition coefficient (Wildman–Crippen LogP) is 4.44. The van der Waals surface area contributed by atoms with Crippen LogP contribution >= 0.6 is 11.6 Å². The molecule has 4 nitrogen and oxygen atoms in total. The number of benzene rings is 2. The van der Waals surface area contributed by atoms with Crippen LogP contribution in [0.2, 0.25) is 5.02 Å². The van der Waals surface area contributed by atoms with Gasteiger partial charge in [-0.2, -0.15) is 0 Å². The third kappa shape index (κ3) is 5.02. The molecule has 1 N–H and O–H groups in total. The van der Waals surface area contributed by atoms with E-state index in [9.17, 15) is 4.79 Å². The van der Waals surface area contributed by atoms with E-state index in [-0.39, 0.29) is 17.9 Å². The molecule has 1 heterocycles. The van der Waals surface area contributed by atoms with Gasteiger partial charge in [-0.1, -0.05) is 48.0 Å². The van der Waals surface area contributed by atoms with Crippen LogP contribution < -0.4 is 10.1 Å². The number of para-hydroxylation sites is 1. The number of halogens is 1. The lowest BCUT2D eigenvalue weighted by atomic mass is 9.95. The highest BCUT2D eigenvalue weighted by molar-refractivity contribution is 6.31. The fraction of sp³-hybridized carbons (Fsp3) is 0.409. The van der Waals surface area contributed by atoms with Crippen molar-refractivity contribution in [3.63, 3.8) is 0 Å². The number of methoxy groups -OCH3 is 1. The molecule has 0 radical (unpaired) electrons. The van der Waals surface area contributed by atoms with Gasteiger partial charge in [-0.05, 0) is 44.0 Å². The molecule has 1 saturated heterocycles. The number of carbonyl (C=O) groups is 1. The van der Waals surface area contributed by atoms with Crippen molar-refractivity contribution >= 4 is 17.5 Å². The number of ether oxygens (including phenoxy) is 1. The molecular weight excluding hydrogens is 360 g/mol. The van der Waals surface area contributed by atoms with E-state index in [1.807, 2.05) is 49.4 Å². The Morgan fingerprint density at radius 3 is 2.78 bits per heavy atom. The molecule has 2 aromatic rings. The molecule has 2 atom stereocenters. The third-order valence-electron chi connectivity index (χ3n) is 5.19. The van der Waals surface area contributed by atoms with E-state index in [2.05, 4.69) is 16.3 Å². The van der Waals surface area contributed by atoms with E-state index in [0.29, 0.717) is 0 Å². The highest BCUT2D eigenvalue weighted by Gasteiger charge is 2.27. The van der Waals surface area contributed by atoms with Crippen LogP contribution in [0.15, 0.2) is 48.5 Å². The van der Waals surface area contributed by atoms with Crippen molar-refractivity contribution < 1.29 is 9.53 Å². The zero-order valence-electron chi connectivity index (χ0n) is 16.0. The summed E-state index contributed by atoms with van der Waals surface area (Å²) in [6, 6.07) is 15.6. The maximum atomic E-state index is 12.8. The van der Waals surface area contributed by atoms with Crippen LogP contribution in [0.4, 0.5) is 0 Å². The minimum absolute atomic E-state index is 0.00149. The number of piperidine rings is 1. The van der Waals surface area contributed by atoms with Crippen LogP contribution in [-0.4, -0.2) is 31.0 Å². The van der Waals surface area contributed by atoms with Crippen molar-refractivity contribution in [3.05, 3.63) is 64.7 Å². The van der Waals surface area contributed by atoms with Gasteiger partial charge in [0.1, 0.15) is 5.75 Å². The number of nitrogens with zero attached hydrogens (tertiary/aromatic N) is 1. The van der Waals surface area contributed by atoms with Crippen molar-refractivity contribution in [1.82, 2.24) is 10.2 Å². The van der Waals surface area contributed by atoms with Gasteiger partial charge >= 0.3 is 0 Å². The van der Waals surface area contributed by atoms with Crippen LogP contribution in [0.25, 0.3) is 0 Å². The minimum atomic E-state index is -0.0902. The molecule has 5 heteroatoms. The lowest BCUT2D eigenvalue weighted by molar-refractivity contribution is -0.127. The molecule has 144 valence electrons. The van der Waals surface area contributed by atoms with Gasteiger partial charge in [0.05, 0.1) is 19.1 Å². The second-order valence-corrected chi connectivity index (χ2v) is 7.55. The first kappa shape index (κ1) is 19.7. The number of rotatable bonds is 6. The summed E-state index contributed by atoms with van der Waals surface area (Å²) in [6.07, 6.45) is 1.94. The van der Waals surface area contributed by atoms with Crippen LogP contribution in [0, 0.1) is 5.92 Å². The summed E-state index contributed by atoms with van der Waals surface area (Å²) in [5, 5.41) is 3.95. The molecule has 1 fully saturated rings. The lowest BCUT2D eigenvalue weighted by Gasteiger charge is -2.33. The van der Waals surface area contributed by atoms with Crippen molar-refractivity contribution in [3.8, 4) is 5.75 Å². The number of hydrogen-bond acceptors (Lipinski definition) is 3. The van der Waals surface area contributed by atoms with Crippen molar-refractivity contribution in [2.75, 3.05) is 20.2 Å². The Morgan fingerprint density at radius 1 is 1.26 bits per heavy atom. The van der Waals surface area contributed by atoms with E-state index in [1.165, 1.54) is 0 Å². The smallest absolute Gasteiger partial charge is 0.224 e. The van der Waals surface area contributed by atoms with Gasteiger partial charge in [-0.3, -0.25) is 9.69 Å². The monoisotopic (exact) mass is 386 g/mol. The molecule has 1 aliphatic heterocycles. The zero-order chi connectivity index (χ0) is 19.2. The fourth-order valence-electron chi connectivity index (χ4n) is 3.71. The molecule has 0 aliphatic carbocycles. The molecule has 0 bridgehead atoms. The minimum Gasteiger partial charge on any atom is -0.496 e. The van der Waals surface area contributed by atoms with Gasteiger partial charge in [-0.15, -0.1) is 0 Å². The number of nitrogens with one attached hydrogen (secondary N) is 1. The Kier molecular flexibility index (Phi) is 6.75. The van der Waals surface area contributed by atoms with E-state index in [1.54, 1.807) is 7.11 Å². The molecule has 3 rings (SSSR count). The highest BCUT2D eigenvalue weighted by Crippen LogP contribution is 2.26. The molecule has 0 aromatic heterocycles. The summed E-state index contributed by atoms with van der Waals surface area (Å²) < 4.78 is 5.42. The van der Waals surface area contributed by atoms with Crippen LogP contribution in [-0.2, 0) is 11.3 Å². The van der Waals surface area contributed by atoms with Crippen LogP contribution in [0.1, 0.15) is 36.9 Å². The fourth-order valence-corrected chi connectivity index (χ4v) is 3.91. The lowest BCUT2D eigenvalue weighted by Crippen LogP contribution is -2.43. The Morgan fingerprint density at radius 2 is 2.00 bits per heavy atom. The molecule has 0 saturated carbocycles. The maximum absolute atomic E-state index is 12.8. The summed E-state index contributed by atoms with van der Waals surface area (Å²) in [6.45, 7) is 4.54. The summed E-state index contributed by atoms with van der Waals surface area (Å²) in [4.78, 5) is 15.2. The van der Waals surface area contributed by atoms with Crippen molar-refractivity contribution in [2.45, 2.75) is 32.4 Å². The Hall–Kier alpha value is -2.04. The van der Waals surface area contributed by atoms with Crippen LogP contribution in [0.5, 0.6) is 5.75 Å². The largest absolute Gasteiger partial charge is 0.496 e. The van der Waals surface area contributed by atoms with E-state index in [4.69, 9.17) is 16.3 Å². The Labute approximate surface area is 166 Å². The highest BCUT2D eigenvalue weighted by atomic mass is 35.5. The van der Waals surface area contributed by atoms with Gasteiger partial charge in [0, 0.05) is 23.7 Å². The number of hydrogen-bond donors (Lipinski definition) is 1. The first-order chi connectivity index (χ1) is 13.1. The normalized spacial score (nSPS) is 18.7. The second-order valence-electron chi connectivity index (χ2n) is 7.14. The number of carbonyl (C=O) groups excluding carboxylic acids is 1. The van der Waals surface area contributed by atoms with Gasteiger partial charge in [0.25, 0.3) is 0 Å². The van der Waals surface area contributed by atoms with Crippen molar-refractivity contribution in [2.24, 2.45) is 5.92 Å². The van der Waals surface area contributed by atoms with E-state index >= 15 is 0 Å². The van der Waals surface area contributed by atoms with Crippen molar-refractivity contribution in [1.29, 1.82) is 0 Å². The Bertz CT molecular complexity index is 780. The molecule has 1 amide bonds. The van der Waals surface area contributed by atoms with Gasteiger partial charge in [0.15, 0.2) is 0 Å². The quantitative estimate of drug-likeness (QED) is 0.798. The summed E-state index contributed by atoms with van der Waals surface area (Å²) in [5.74, 6) is 0.907. The first-order valence-electron chi connectivity index (χ1n) is 9.47. The van der Waals surface area contributed by atoms with Crippen LogP contribution in [0.3, 0.4) is 0 Å². The Balaban J connectivity index is 1.60. The first-order valence-corrected chi connectivity index (χ1v) is 9.85. The van der Waals surface area contributed by atoms with Gasteiger partial charge in [0.2, 0.25) is 5.91 Å².